The molecule has 30 heavy (non-hydrogen) atoms. The first-order chi connectivity index (χ1) is 14.6. The molecule has 6 nitrogen and oxygen atoms in total. The molecule has 1 heterocycles. The molecule has 1 aromatic heterocycles. The molecule has 7 heteroatoms. The minimum absolute atomic E-state index is 0.0333. The predicted molar refractivity (Wildman–Crippen MR) is 120 cm³/mol. The number of aliphatic imine (C=N–C) groups is 1. The Balaban J connectivity index is 1.46. The van der Waals surface area contributed by atoms with E-state index in [1.165, 1.54) is 6.07 Å². The maximum absolute atomic E-state index is 13.5. The highest BCUT2D eigenvalue weighted by atomic mass is 19.1. The topological polar surface area (TPSA) is 81.3 Å². The van der Waals surface area contributed by atoms with Crippen molar-refractivity contribution in [2.45, 2.75) is 32.7 Å². The van der Waals surface area contributed by atoms with Crippen LogP contribution >= 0.6 is 0 Å². The van der Waals surface area contributed by atoms with Gasteiger partial charge in [0.15, 0.2) is 5.96 Å². The quantitative estimate of drug-likeness (QED) is 0.336. The van der Waals surface area contributed by atoms with Gasteiger partial charge in [-0.2, -0.15) is 0 Å². The van der Waals surface area contributed by atoms with E-state index < -0.39 is 0 Å². The summed E-state index contributed by atoms with van der Waals surface area (Å²) >= 11 is 0. The van der Waals surface area contributed by atoms with Crippen molar-refractivity contribution in [3.05, 3.63) is 65.6 Å². The zero-order chi connectivity index (χ0) is 21.3. The number of hydrogen-bond donors (Lipinski definition) is 4. The lowest BCUT2D eigenvalue weighted by atomic mass is 10.1. The normalized spacial score (nSPS) is 11.5. The molecule has 2 aromatic carbocycles. The highest BCUT2D eigenvalue weighted by Crippen LogP contribution is 2.19. The van der Waals surface area contributed by atoms with E-state index in [9.17, 15) is 9.18 Å². The van der Waals surface area contributed by atoms with Crippen LogP contribution < -0.4 is 16.0 Å². The molecule has 0 radical (unpaired) electrons. The summed E-state index contributed by atoms with van der Waals surface area (Å²) in [6.45, 7) is 3.27. The summed E-state index contributed by atoms with van der Waals surface area (Å²) in [5.74, 6) is 0.497. The van der Waals surface area contributed by atoms with Crippen LogP contribution in [0.25, 0.3) is 10.9 Å². The number of hydrogen-bond acceptors (Lipinski definition) is 2. The number of aromatic amines is 1. The number of halogens is 1. The van der Waals surface area contributed by atoms with Crippen molar-refractivity contribution in [2.75, 3.05) is 18.9 Å². The summed E-state index contributed by atoms with van der Waals surface area (Å²) in [7, 11) is 1.72. The Labute approximate surface area is 176 Å². The average Bonchev–Trinajstić information content (AvgIpc) is 3.14. The maximum Gasteiger partial charge on any atom is 0.224 e. The van der Waals surface area contributed by atoms with Crippen LogP contribution in [0.4, 0.5) is 10.1 Å². The molecule has 158 valence electrons. The Bertz CT molecular complexity index is 1010. The van der Waals surface area contributed by atoms with Crippen LogP contribution in [-0.2, 0) is 17.8 Å². The van der Waals surface area contributed by atoms with Gasteiger partial charge in [0.05, 0.1) is 0 Å². The number of carbonyl (C=O) groups is 1. The number of guanidine groups is 1. The number of anilines is 1. The molecular weight excluding hydrogens is 381 g/mol. The summed E-state index contributed by atoms with van der Waals surface area (Å²) < 4.78 is 13.5. The number of nitrogens with zero attached hydrogens (tertiary/aromatic N) is 1. The molecule has 0 unspecified atom stereocenters. The van der Waals surface area contributed by atoms with Gasteiger partial charge in [0.25, 0.3) is 0 Å². The zero-order valence-electron chi connectivity index (χ0n) is 17.4. The molecule has 0 bridgehead atoms. The van der Waals surface area contributed by atoms with Gasteiger partial charge in [0, 0.05) is 49.3 Å². The summed E-state index contributed by atoms with van der Waals surface area (Å²) in [5.41, 5.74) is 3.88. The first-order valence-corrected chi connectivity index (χ1v) is 10.2. The number of H-pyrrole nitrogens is 1. The lowest BCUT2D eigenvalue weighted by Crippen LogP contribution is -2.37. The van der Waals surface area contributed by atoms with Gasteiger partial charge >= 0.3 is 0 Å². The van der Waals surface area contributed by atoms with E-state index in [1.807, 2.05) is 37.4 Å². The van der Waals surface area contributed by atoms with Crippen molar-refractivity contribution in [1.82, 2.24) is 15.6 Å². The number of benzene rings is 2. The molecule has 0 saturated heterocycles. The van der Waals surface area contributed by atoms with Gasteiger partial charge in [-0.05, 0) is 54.3 Å². The molecule has 0 fully saturated rings. The number of rotatable bonds is 8. The molecule has 0 aliphatic heterocycles. The van der Waals surface area contributed by atoms with Crippen LogP contribution in [0.15, 0.2) is 53.7 Å². The highest BCUT2D eigenvalue weighted by molar-refractivity contribution is 5.90. The minimum Gasteiger partial charge on any atom is -0.361 e. The summed E-state index contributed by atoms with van der Waals surface area (Å²) in [6, 6.07) is 12.5. The third kappa shape index (κ3) is 5.83. The Morgan fingerprint density at radius 1 is 1.13 bits per heavy atom. The highest BCUT2D eigenvalue weighted by Gasteiger charge is 2.06. The van der Waals surface area contributed by atoms with Crippen LogP contribution in [0.3, 0.4) is 0 Å². The number of nitrogens with one attached hydrogen (secondary N) is 4. The minimum atomic E-state index is -0.232. The lowest BCUT2D eigenvalue weighted by molar-refractivity contribution is -0.116. The van der Waals surface area contributed by atoms with Gasteiger partial charge in [-0.1, -0.05) is 19.1 Å². The lowest BCUT2D eigenvalue weighted by Gasteiger charge is -2.12. The van der Waals surface area contributed by atoms with Crippen LogP contribution in [-0.4, -0.2) is 30.4 Å². The van der Waals surface area contributed by atoms with E-state index >= 15 is 0 Å². The van der Waals surface area contributed by atoms with Crippen molar-refractivity contribution >= 4 is 28.5 Å². The zero-order valence-corrected chi connectivity index (χ0v) is 17.4. The molecule has 1 amide bonds. The van der Waals surface area contributed by atoms with Crippen molar-refractivity contribution in [3.63, 3.8) is 0 Å². The average molecular weight is 410 g/mol. The third-order valence-corrected chi connectivity index (χ3v) is 4.81. The first-order valence-electron chi connectivity index (χ1n) is 10.2. The Morgan fingerprint density at radius 2 is 1.93 bits per heavy atom. The molecule has 3 aromatic rings. The van der Waals surface area contributed by atoms with E-state index in [-0.39, 0.29) is 11.7 Å². The monoisotopic (exact) mass is 409 g/mol. The Kier molecular flexibility index (Phi) is 7.43. The first kappa shape index (κ1) is 21.4. The fourth-order valence-electron chi connectivity index (χ4n) is 3.24. The van der Waals surface area contributed by atoms with E-state index in [1.54, 1.807) is 19.2 Å². The van der Waals surface area contributed by atoms with Crippen molar-refractivity contribution < 1.29 is 9.18 Å². The molecule has 0 atom stereocenters. The molecule has 0 spiro atoms. The Hall–Kier alpha value is -3.35. The fraction of sp³-hybridized carbons (Fsp3) is 0.304. The molecule has 0 aliphatic carbocycles. The van der Waals surface area contributed by atoms with Crippen LogP contribution in [0.2, 0.25) is 0 Å². The van der Waals surface area contributed by atoms with Gasteiger partial charge in [0.2, 0.25) is 5.91 Å². The van der Waals surface area contributed by atoms with Crippen molar-refractivity contribution in [2.24, 2.45) is 4.99 Å². The van der Waals surface area contributed by atoms with E-state index in [4.69, 9.17) is 0 Å². The van der Waals surface area contributed by atoms with Gasteiger partial charge in [0.1, 0.15) is 5.82 Å². The van der Waals surface area contributed by atoms with Crippen LogP contribution in [0.5, 0.6) is 0 Å². The smallest absolute Gasteiger partial charge is 0.224 e. The number of fused-ring (bicyclic) bond motifs is 1. The molecule has 0 saturated carbocycles. The number of amides is 1. The van der Waals surface area contributed by atoms with Gasteiger partial charge in [-0.15, -0.1) is 0 Å². The van der Waals surface area contributed by atoms with Crippen LogP contribution in [0.1, 0.15) is 30.9 Å². The van der Waals surface area contributed by atoms with Crippen LogP contribution in [0, 0.1) is 5.82 Å². The Morgan fingerprint density at radius 3 is 2.67 bits per heavy atom. The van der Waals surface area contributed by atoms with Gasteiger partial charge < -0.3 is 20.9 Å². The summed E-state index contributed by atoms with van der Waals surface area (Å²) in [5, 5.41) is 10.3. The molecule has 3 rings (SSSR count). The predicted octanol–water partition coefficient (Wildman–Crippen LogP) is 3.95. The summed E-state index contributed by atoms with van der Waals surface area (Å²) in [6.07, 6.45) is 4.02. The SMILES string of the molecule is CCCC(=O)Nc1ccc(CNC(=NC)NCCc2c[nH]c3ccc(F)cc23)cc1. The number of aromatic nitrogens is 1. The largest absolute Gasteiger partial charge is 0.361 e. The van der Waals surface area contributed by atoms with E-state index in [0.29, 0.717) is 25.5 Å². The molecule has 4 N–H and O–H groups in total. The molecule has 0 aliphatic rings. The standard InChI is InChI=1S/C23H28FN5O/c1-3-4-22(30)29-19-8-5-16(6-9-19)14-28-23(25-2)26-12-11-17-15-27-21-10-7-18(24)13-20(17)21/h5-10,13,15,27H,3-4,11-12,14H2,1-2H3,(H,29,30)(H2,25,26,28). The van der Waals surface area contributed by atoms with Crippen molar-refractivity contribution in [3.8, 4) is 0 Å². The second-order valence-electron chi connectivity index (χ2n) is 7.10. The van der Waals surface area contributed by atoms with E-state index in [2.05, 4.69) is 25.9 Å². The maximum atomic E-state index is 13.5. The van der Waals surface area contributed by atoms with Gasteiger partial charge in [-0.25, -0.2) is 4.39 Å². The van der Waals surface area contributed by atoms with E-state index in [0.717, 1.165) is 40.6 Å². The summed E-state index contributed by atoms with van der Waals surface area (Å²) in [4.78, 5) is 19.1. The molecular formula is C23H28FN5O. The van der Waals surface area contributed by atoms with Gasteiger partial charge in [-0.3, -0.25) is 9.79 Å². The number of carbonyl (C=O) groups excluding carboxylic acids is 1. The second-order valence-corrected chi connectivity index (χ2v) is 7.10. The van der Waals surface area contributed by atoms with Crippen molar-refractivity contribution in [1.29, 1.82) is 0 Å². The fourth-order valence-corrected chi connectivity index (χ4v) is 3.24. The second kappa shape index (κ2) is 10.4. The third-order valence-electron chi connectivity index (χ3n) is 4.81.